The number of benzene rings is 11. The van der Waals surface area contributed by atoms with E-state index in [9.17, 15) is 18.5 Å². The Morgan fingerprint density at radius 1 is 0.479 bits per heavy atom. The maximum atomic E-state index is 13.2. The molecule has 19 rings (SSSR count). The van der Waals surface area contributed by atoms with Gasteiger partial charge in [0.2, 0.25) is 0 Å². The molecule has 0 unspecified atom stereocenters. The predicted octanol–water partition coefficient (Wildman–Crippen LogP) is 20.1. The fourth-order valence-corrected chi connectivity index (χ4v) is 13.3. The number of carboxylic acid groups (broad SMARTS) is 1. The first-order chi connectivity index (χ1) is 57.2. The van der Waals surface area contributed by atoms with Crippen LogP contribution in [-0.4, -0.2) is 80.3 Å². The summed E-state index contributed by atoms with van der Waals surface area (Å²) in [5.74, 6) is -0.581. The number of nitroso groups, excluding NO2 is 1. The second kappa shape index (κ2) is 35.0. The smallest absolute Gasteiger partial charge is 0.354 e. The molecule has 8 heterocycles. The van der Waals surface area contributed by atoms with Crippen molar-refractivity contribution in [3.8, 4) is 33.8 Å². The van der Waals surface area contributed by atoms with Crippen molar-refractivity contribution in [2.75, 3.05) is 17.2 Å². The second-order valence-electron chi connectivity index (χ2n) is 27.0. The monoisotopic (exact) mass is 1540 g/mol. The third-order valence-corrected chi connectivity index (χ3v) is 19.2. The average molecular weight is 1540 g/mol. The number of pyridine rings is 2. The molecule has 0 saturated heterocycles. The summed E-state index contributed by atoms with van der Waals surface area (Å²) in [6.07, 6.45) is 13.5. The fourth-order valence-electron chi connectivity index (χ4n) is 13.3. The number of aryl methyl sites for hydroxylation is 1. The molecule has 0 amide bonds. The Labute approximate surface area is 668 Å². The van der Waals surface area contributed by atoms with E-state index in [0.29, 0.717) is 64.8 Å². The van der Waals surface area contributed by atoms with Gasteiger partial charge in [0.1, 0.15) is 63.1 Å². The van der Waals surface area contributed by atoms with Gasteiger partial charge in [0, 0.05) is 46.9 Å². The molecule has 8 N–H and O–H groups in total. The molecule has 19 aromatic rings. The van der Waals surface area contributed by atoms with Gasteiger partial charge in [0.05, 0.1) is 42.7 Å². The largest absolute Gasteiger partial charge is 0.477 e. The summed E-state index contributed by atoms with van der Waals surface area (Å²) in [6, 6.07) is 89.0. The number of aromatic amines is 1. The van der Waals surface area contributed by atoms with Crippen LogP contribution < -0.4 is 17.2 Å². The number of rotatable bonds is 15. The number of H-pyrrole nitrogens is 1. The molecule has 0 saturated carbocycles. The Morgan fingerprint density at radius 3 is 1.49 bits per heavy atom. The number of fused-ring (bicyclic) bond motifs is 6. The molecule has 8 aromatic heterocycles. The minimum absolute atomic E-state index is 0.0516. The molecule has 0 bridgehead atoms. The zero-order valence-corrected chi connectivity index (χ0v) is 62.8. The van der Waals surface area contributed by atoms with E-state index in [2.05, 4.69) is 134 Å². The van der Waals surface area contributed by atoms with E-state index in [0.717, 1.165) is 88.7 Å². The molecule has 0 atom stereocenters. The second-order valence-corrected chi connectivity index (χ2v) is 27.0. The molecule has 0 radical (unpaired) electrons. The number of nitrogens with two attached hydrogens (primary N) is 3. The molecule has 0 aliphatic carbocycles. The van der Waals surface area contributed by atoms with Crippen LogP contribution in [0.5, 0.6) is 0 Å². The zero-order valence-electron chi connectivity index (χ0n) is 62.8. The van der Waals surface area contributed by atoms with E-state index in [1.165, 1.54) is 58.3 Å². The van der Waals surface area contributed by atoms with E-state index in [-0.39, 0.29) is 28.8 Å². The number of nitrogen functional groups attached to an aromatic ring is 3. The SMILES string of the molecule is Nc1c(-c2ccc3ccccc3c2)nn(Cc2ccccc2)c1N.Nc1c(N=O)c(-c2ccc3ccccc3c2)nn1Cc1ccccc1.O=C(O)c1cc2c(/C=C/c3cccc(F)c3)n[nH]c2cn1.[C-]#[N+]c1cc2c(/C=C/c3cccc(F)c3)nn(C)c2cn1.c1ccc(Cn2nc(-c3ccc4ccccc4c3)c3nccnc32)cc1. The number of nitrogens with one attached hydrogen (secondary N) is 1. The van der Waals surface area contributed by atoms with Crippen molar-refractivity contribution in [3.63, 3.8) is 0 Å². The summed E-state index contributed by atoms with van der Waals surface area (Å²) in [6.45, 7) is 8.79. The first-order valence-corrected chi connectivity index (χ1v) is 36.9. The van der Waals surface area contributed by atoms with Crippen LogP contribution in [0.25, 0.3) is 128 Å². The van der Waals surface area contributed by atoms with Crippen LogP contribution in [0.1, 0.15) is 49.7 Å². The molecular formula is C93H71F2N19O3. The van der Waals surface area contributed by atoms with Crippen LogP contribution in [-0.2, 0) is 26.7 Å². The number of aromatic carboxylic acids is 1. The Balaban J connectivity index is 0.000000115. The lowest BCUT2D eigenvalue weighted by molar-refractivity contribution is 0.0690. The van der Waals surface area contributed by atoms with Crippen LogP contribution in [0.2, 0.25) is 0 Å². The van der Waals surface area contributed by atoms with Gasteiger partial charge in [0.25, 0.3) is 5.82 Å². The van der Waals surface area contributed by atoms with Gasteiger partial charge in [-0.05, 0) is 132 Å². The number of carboxylic acids is 1. The number of hydrogen-bond acceptors (Lipinski definition) is 15. The minimum atomic E-state index is -1.10. The molecule has 0 aliphatic heterocycles. The molecule has 117 heavy (non-hydrogen) atoms. The predicted molar refractivity (Wildman–Crippen MR) is 460 cm³/mol. The van der Waals surface area contributed by atoms with Gasteiger partial charge in [-0.2, -0.15) is 25.5 Å². The summed E-state index contributed by atoms with van der Waals surface area (Å²) in [5, 5.41) is 45.9. The zero-order chi connectivity index (χ0) is 80.7. The molecule has 11 aromatic carbocycles. The molecule has 24 heteroatoms. The number of anilines is 3. The third kappa shape index (κ3) is 17.7. The van der Waals surface area contributed by atoms with Gasteiger partial charge >= 0.3 is 5.97 Å². The van der Waals surface area contributed by atoms with Gasteiger partial charge < -0.3 is 27.2 Å². The van der Waals surface area contributed by atoms with Crippen molar-refractivity contribution in [2.45, 2.75) is 19.6 Å². The quantitative estimate of drug-likeness (QED) is 0.0471. The van der Waals surface area contributed by atoms with Crippen molar-refractivity contribution >= 4 is 124 Å². The first-order valence-electron chi connectivity index (χ1n) is 36.9. The van der Waals surface area contributed by atoms with Crippen LogP contribution in [0.3, 0.4) is 0 Å². The van der Waals surface area contributed by atoms with Crippen LogP contribution in [0.4, 0.5) is 37.6 Å². The van der Waals surface area contributed by atoms with Crippen molar-refractivity contribution in [3.05, 3.63) is 377 Å². The number of halogens is 2. The number of hydrogen-bond donors (Lipinski definition) is 5. The van der Waals surface area contributed by atoms with Crippen molar-refractivity contribution in [1.29, 1.82) is 0 Å². The maximum Gasteiger partial charge on any atom is 0.354 e. The van der Waals surface area contributed by atoms with Gasteiger partial charge in [-0.25, -0.2) is 42.6 Å². The summed E-state index contributed by atoms with van der Waals surface area (Å²) in [4.78, 5) is 42.6. The van der Waals surface area contributed by atoms with Crippen LogP contribution in [0.15, 0.2) is 309 Å². The average Bonchev–Trinajstić information content (AvgIpc) is 1.61. The highest BCUT2D eigenvalue weighted by Gasteiger charge is 2.21. The van der Waals surface area contributed by atoms with E-state index >= 15 is 0 Å². The standard InChI is InChI=1S/C22H16N4.C20H16N4O.C20H18N4.C16H11FN4.C15H10FN3O2/c1-2-6-16(7-3-1)15-26-22-21(23-12-13-24-22)20(25-26)19-11-10-17-8-4-5-9-18(17)14-19;21-20-19(23-25)18(22-24(20)13-14-6-2-1-3-7-14)17-11-10-15-8-4-5-9-16(15)12-17;21-18-19(17-11-10-15-8-4-5-9-16(15)12-17)23-24(20(18)22)13-14-6-2-1-3-7-14;1-18-16-9-13-14(20-21(2)15(13)10-19-16)7-6-11-4-3-5-12(17)8-11;16-10-3-1-2-9(6-10)4-5-12-11-7-13(15(20)21)17-8-14(11)19-18-12/h1-14H,15H2;1-12H,13,21H2;1-12H,13,21-22H2;3-10H,2H3;1-8H,(H,18,19)(H,20,21)/b;;;7-6+;5-4+. The van der Waals surface area contributed by atoms with E-state index in [4.69, 9.17) is 34.0 Å². The molecule has 0 aliphatic rings. The van der Waals surface area contributed by atoms with Gasteiger partial charge in [-0.1, -0.05) is 243 Å². The van der Waals surface area contributed by atoms with Gasteiger partial charge in [0.15, 0.2) is 17.2 Å². The molecule has 22 nitrogen and oxygen atoms in total. The Morgan fingerprint density at radius 2 is 0.957 bits per heavy atom. The lowest BCUT2D eigenvalue weighted by Gasteiger charge is -2.03. The molecule has 0 spiro atoms. The minimum Gasteiger partial charge on any atom is -0.477 e. The topological polar surface area (TPSA) is 301 Å². The normalized spacial score (nSPS) is 11.1. The third-order valence-electron chi connectivity index (χ3n) is 19.2. The molecular weight excluding hydrogens is 1470 g/mol. The summed E-state index contributed by atoms with van der Waals surface area (Å²) >= 11 is 0. The van der Waals surface area contributed by atoms with E-state index in [1.54, 1.807) is 75.1 Å². The summed E-state index contributed by atoms with van der Waals surface area (Å²) < 4.78 is 33.3. The lowest BCUT2D eigenvalue weighted by Crippen LogP contribution is -2.06. The first kappa shape index (κ1) is 76.1. The highest BCUT2D eigenvalue weighted by Crippen LogP contribution is 2.38. The van der Waals surface area contributed by atoms with Crippen molar-refractivity contribution < 1.29 is 18.7 Å². The van der Waals surface area contributed by atoms with Crippen molar-refractivity contribution in [1.82, 2.24) is 69.3 Å². The number of nitrogens with zero attached hydrogens (tertiary/aromatic N) is 15. The Bertz CT molecular complexity index is 6930. The van der Waals surface area contributed by atoms with Gasteiger partial charge in [-0.3, -0.25) is 9.78 Å². The highest BCUT2D eigenvalue weighted by molar-refractivity contribution is 5.97. The van der Waals surface area contributed by atoms with Gasteiger partial charge in [-0.15, -0.1) is 9.89 Å². The highest BCUT2D eigenvalue weighted by atomic mass is 19.1. The van der Waals surface area contributed by atoms with E-state index in [1.807, 2.05) is 163 Å². The fraction of sp³-hybridized carbons (Fsp3) is 0.0430. The van der Waals surface area contributed by atoms with Crippen LogP contribution in [0, 0.1) is 23.1 Å². The molecule has 570 valence electrons. The maximum absolute atomic E-state index is 13.2. The summed E-state index contributed by atoms with van der Waals surface area (Å²) in [5.41, 5.74) is 33.4. The van der Waals surface area contributed by atoms with Crippen molar-refractivity contribution in [2.24, 2.45) is 12.2 Å². The molecule has 0 fully saturated rings. The number of carbonyl (C=O) groups is 1. The Kier molecular flexibility index (Phi) is 22.7. The van der Waals surface area contributed by atoms with E-state index < -0.39 is 5.97 Å². The lowest BCUT2D eigenvalue weighted by atomic mass is 10.0. The number of aromatic nitrogens is 14. The summed E-state index contributed by atoms with van der Waals surface area (Å²) in [7, 11) is 1.82. The Hall–Kier alpha value is -16.3. The van der Waals surface area contributed by atoms with Crippen LogP contribution >= 0.6 is 0 Å².